The largest absolute Gasteiger partial charge is 0.469 e. The summed E-state index contributed by atoms with van der Waals surface area (Å²) >= 11 is 0. The van der Waals surface area contributed by atoms with Crippen LogP contribution >= 0.6 is 0 Å². The van der Waals surface area contributed by atoms with E-state index in [0.717, 1.165) is 32.5 Å². The van der Waals surface area contributed by atoms with Crippen LogP contribution in [0.3, 0.4) is 0 Å². The molecule has 1 rings (SSSR count). The molecule has 2 atom stereocenters. The second-order valence-electron chi connectivity index (χ2n) is 5.86. The van der Waals surface area contributed by atoms with E-state index in [1.54, 1.807) is 0 Å². The highest BCUT2D eigenvalue weighted by Gasteiger charge is 2.30. The number of hydrogen-bond acceptors (Lipinski definition) is 4. The first kappa shape index (κ1) is 14.5. The molecular formula is C13H26N2O2. The van der Waals surface area contributed by atoms with Gasteiger partial charge < -0.3 is 15.4 Å². The Hall–Kier alpha value is -0.610. The van der Waals surface area contributed by atoms with Crippen LogP contribution in [0.5, 0.6) is 0 Å². The summed E-state index contributed by atoms with van der Waals surface area (Å²) in [6.07, 6.45) is 1.89. The molecule has 4 nitrogen and oxygen atoms in total. The number of nitrogens with zero attached hydrogens (tertiary/aromatic N) is 1. The normalized spacial score (nSPS) is 26.9. The van der Waals surface area contributed by atoms with Crippen molar-refractivity contribution in [3.8, 4) is 0 Å². The van der Waals surface area contributed by atoms with E-state index in [2.05, 4.69) is 11.8 Å². The van der Waals surface area contributed by atoms with Crippen LogP contribution < -0.4 is 5.73 Å². The van der Waals surface area contributed by atoms with E-state index in [1.165, 1.54) is 7.11 Å². The van der Waals surface area contributed by atoms with Crippen molar-refractivity contribution in [1.82, 2.24) is 4.90 Å². The van der Waals surface area contributed by atoms with Crippen LogP contribution in [0.15, 0.2) is 0 Å². The zero-order valence-electron chi connectivity index (χ0n) is 11.5. The maximum absolute atomic E-state index is 11.6. The van der Waals surface area contributed by atoms with Gasteiger partial charge in [-0.25, -0.2) is 0 Å². The second kappa shape index (κ2) is 5.83. The highest BCUT2D eigenvalue weighted by atomic mass is 16.5. The molecule has 1 fully saturated rings. The molecule has 1 saturated heterocycles. The van der Waals surface area contributed by atoms with Crippen molar-refractivity contribution in [2.45, 2.75) is 39.7 Å². The number of nitrogens with two attached hydrogens (primary N) is 1. The minimum atomic E-state index is -0.391. The Bertz CT molecular complexity index is 266. The fourth-order valence-electron chi connectivity index (χ4n) is 2.27. The predicted octanol–water partition coefficient (Wildman–Crippen LogP) is 1.24. The van der Waals surface area contributed by atoms with Gasteiger partial charge in [-0.05, 0) is 45.7 Å². The van der Waals surface area contributed by atoms with E-state index in [9.17, 15) is 4.79 Å². The first-order chi connectivity index (χ1) is 7.86. The van der Waals surface area contributed by atoms with Crippen molar-refractivity contribution in [3.63, 3.8) is 0 Å². The molecule has 2 N–H and O–H groups in total. The molecule has 0 amide bonds. The molecule has 0 bridgehead atoms. The van der Waals surface area contributed by atoms with Gasteiger partial charge in [0.2, 0.25) is 0 Å². The molecule has 1 aliphatic rings. The summed E-state index contributed by atoms with van der Waals surface area (Å²) in [5.41, 5.74) is 5.60. The number of carbonyl (C=O) groups excluding carboxylic acids is 1. The molecule has 0 aliphatic carbocycles. The Morgan fingerprint density at radius 3 is 2.71 bits per heavy atom. The lowest BCUT2D eigenvalue weighted by Crippen LogP contribution is -2.47. The molecular weight excluding hydrogens is 216 g/mol. The van der Waals surface area contributed by atoms with Crippen molar-refractivity contribution in [2.24, 2.45) is 17.1 Å². The first-order valence-corrected chi connectivity index (χ1v) is 6.43. The average molecular weight is 242 g/mol. The summed E-state index contributed by atoms with van der Waals surface area (Å²) in [6, 6.07) is 0.333. The van der Waals surface area contributed by atoms with E-state index in [1.807, 2.05) is 13.8 Å². The van der Waals surface area contributed by atoms with Crippen LogP contribution in [0.1, 0.15) is 33.6 Å². The molecule has 1 aliphatic heterocycles. The number of carbonyl (C=O) groups is 1. The number of hydrogen-bond donors (Lipinski definition) is 1. The van der Waals surface area contributed by atoms with Crippen molar-refractivity contribution >= 4 is 5.97 Å². The van der Waals surface area contributed by atoms with E-state index in [-0.39, 0.29) is 5.97 Å². The Kier molecular flexibility index (Phi) is 4.95. The van der Waals surface area contributed by atoms with Gasteiger partial charge in [-0.1, -0.05) is 6.92 Å². The number of ether oxygens (including phenoxy) is 1. The lowest BCUT2D eigenvalue weighted by Gasteiger charge is -2.36. The first-order valence-electron chi connectivity index (χ1n) is 6.43. The van der Waals surface area contributed by atoms with Crippen molar-refractivity contribution in [3.05, 3.63) is 0 Å². The van der Waals surface area contributed by atoms with Gasteiger partial charge in [-0.15, -0.1) is 0 Å². The van der Waals surface area contributed by atoms with Crippen molar-refractivity contribution in [1.29, 1.82) is 0 Å². The Labute approximate surface area is 104 Å². The Morgan fingerprint density at radius 1 is 1.53 bits per heavy atom. The van der Waals surface area contributed by atoms with Gasteiger partial charge in [-0.2, -0.15) is 0 Å². The van der Waals surface area contributed by atoms with Gasteiger partial charge in [-0.3, -0.25) is 4.79 Å². The van der Waals surface area contributed by atoms with Crippen molar-refractivity contribution < 1.29 is 9.53 Å². The minimum Gasteiger partial charge on any atom is -0.469 e. The van der Waals surface area contributed by atoms with Crippen LogP contribution in [-0.4, -0.2) is 43.7 Å². The predicted molar refractivity (Wildman–Crippen MR) is 68.6 cm³/mol. The summed E-state index contributed by atoms with van der Waals surface area (Å²) in [5.74, 6) is 0.421. The number of rotatable bonds is 4. The van der Waals surface area contributed by atoms with Crippen LogP contribution in [0, 0.1) is 11.3 Å². The molecule has 0 aromatic rings. The summed E-state index contributed by atoms with van der Waals surface area (Å²) in [5, 5.41) is 0. The highest BCUT2D eigenvalue weighted by Crippen LogP contribution is 2.24. The number of piperidine rings is 1. The summed E-state index contributed by atoms with van der Waals surface area (Å²) in [6.45, 7) is 9.11. The van der Waals surface area contributed by atoms with E-state index in [4.69, 9.17) is 10.5 Å². The third-order valence-corrected chi connectivity index (χ3v) is 3.85. The van der Waals surface area contributed by atoms with E-state index >= 15 is 0 Å². The maximum atomic E-state index is 11.6. The van der Waals surface area contributed by atoms with Gasteiger partial charge in [0, 0.05) is 12.6 Å². The van der Waals surface area contributed by atoms with Gasteiger partial charge in [0.25, 0.3) is 0 Å². The average Bonchev–Trinajstić information content (AvgIpc) is 2.29. The highest BCUT2D eigenvalue weighted by molar-refractivity contribution is 5.75. The molecule has 100 valence electrons. The van der Waals surface area contributed by atoms with Gasteiger partial charge >= 0.3 is 5.97 Å². The zero-order valence-corrected chi connectivity index (χ0v) is 11.5. The molecule has 0 aromatic carbocycles. The quantitative estimate of drug-likeness (QED) is 0.754. The number of methoxy groups -OCH3 is 1. The maximum Gasteiger partial charge on any atom is 0.311 e. The molecule has 0 spiro atoms. The lowest BCUT2D eigenvalue weighted by molar-refractivity contribution is -0.151. The van der Waals surface area contributed by atoms with Crippen LogP contribution in [0.25, 0.3) is 0 Å². The monoisotopic (exact) mass is 242 g/mol. The topological polar surface area (TPSA) is 55.6 Å². The van der Waals surface area contributed by atoms with Crippen LogP contribution in [0.4, 0.5) is 0 Å². The van der Waals surface area contributed by atoms with Crippen LogP contribution in [-0.2, 0) is 9.53 Å². The van der Waals surface area contributed by atoms with Gasteiger partial charge in [0.05, 0.1) is 12.5 Å². The molecule has 0 aromatic heterocycles. The second-order valence-corrected chi connectivity index (χ2v) is 5.86. The fourth-order valence-corrected chi connectivity index (χ4v) is 2.27. The van der Waals surface area contributed by atoms with E-state index < -0.39 is 5.41 Å². The Balaban J connectivity index is 2.38. The molecule has 1 heterocycles. The number of likely N-dealkylation sites (tertiary alicyclic amines) is 1. The Morgan fingerprint density at radius 2 is 2.18 bits per heavy atom. The molecule has 2 unspecified atom stereocenters. The zero-order chi connectivity index (χ0) is 13.1. The molecule has 4 heteroatoms. The smallest absolute Gasteiger partial charge is 0.311 e. The van der Waals surface area contributed by atoms with Crippen molar-refractivity contribution in [2.75, 3.05) is 26.7 Å². The lowest BCUT2D eigenvalue weighted by atomic mass is 9.88. The summed E-state index contributed by atoms with van der Waals surface area (Å²) in [7, 11) is 1.45. The summed E-state index contributed by atoms with van der Waals surface area (Å²) < 4.78 is 4.82. The SMILES string of the molecule is COC(=O)C(C)(C)CCN1CCC(N)C(C)C1. The molecule has 0 saturated carbocycles. The van der Waals surface area contributed by atoms with E-state index in [0.29, 0.717) is 12.0 Å². The minimum absolute atomic E-state index is 0.126. The standard InChI is InChI=1S/C13H26N2O2/c1-10-9-15(7-5-11(10)14)8-6-13(2,3)12(16)17-4/h10-11H,5-9,14H2,1-4H3. The third kappa shape index (κ3) is 3.96. The molecule has 17 heavy (non-hydrogen) atoms. The van der Waals surface area contributed by atoms with Gasteiger partial charge in [0.1, 0.15) is 0 Å². The van der Waals surface area contributed by atoms with Crippen LogP contribution in [0.2, 0.25) is 0 Å². The van der Waals surface area contributed by atoms with Gasteiger partial charge in [0.15, 0.2) is 0 Å². The summed E-state index contributed by atoms with van der Waals surface area (Å²) in [4.78, 5) is 14.0. The fraction of sp³-hybridized carbons (Fsp3) is 0.923. The number of esters is 1. The molecule has 0 radical (unpaired) electrons. The third-order valence-electron chi connectivity index (χ3n) is 3.85.